The lowest BCUT2D eigenvalue weighted by Gasteiger charge is -2.31. The van der Waals surface area contributed by atoms with Crippen LogP contribution in [0.2, 0.25) is 5.02 Å². The van der Waals surface area contributed by atoms with Crippen molar-refractivity contribution < 1.29 is 19.1 Å². The Morgan fingerprint density at radius 2 is 1.63 bits per heavy atom. The van der Waals surface area contributed by atoms with Crippen molar-refractivity contribution in [2.75, 3.05) is 6.61 Å². The minimum Gasteiger partial charge on any atom is -0.434 e. The van der Waals surface area contributed by atoms with Crippen molar-refractivity contribution in [2.24, 2.45) is 5.41 Å². The lowest BCUT2D eigenvalue weighted by Crippen LogP contribution is -2.27. The van der Waals surface area contributed by atoms with Crippen LogP contribution in [0.15, 0.2) is 42.2 Å². The molecule has 5 heteroatoms. The maximum atomic E-state index is 13.1. The van der Waals surface area contributed by atoms with E-state index in [1.54, 1.807) is 6.92 Å². The highest BCUT2D eigenvalue weighted by Gasteiger charge is 2.36. The second kappa shape index (κ2) is 8.65. The summed E-state index contributed by atoms with van der Waals surface area (Å²) in [5.41, 5.74) is 5.09. The van der Waals surface area contributed by atoms with Gasteiger partial charge >= 0.3 is 6.16 Å². The van der Waals surface area contributed by atoms with E-state index < -0.39 is 6.16 Å². The number of aryl methyl sites for hydroxylation is 2. The zero-order valence-electron chi connectivity index (χ0n) is 18.1. The van der Waals surface area contributed by atoms with Crippen LogP contribution in [0.4, 0.5) is 4.79 Å². The second-order valence-electron chi connectivity index (χ2n) is 8.51. The fourth-order valence-electron chi connectivity index (χ4n) is 3.93. The Labute approximate surface area is 182 Å². The zero-order chi connectivity index (χ0) is 22.1. The maximum absolute atomic E-state index is 13.1. The number of ether oxygens (including phenoxy) is 2. The minimum absolute atomic E-state index is 0.0210. The van der Waals surface area contributed by atoms with Crippen molar-refractivity contribution in [1.82, 2.24) is 0 Å². The summed E-state index contributed by atoms with van der Waals surface area (Å²) in [6.45, 7) is 9.91. The molecule has 158 valence electrons. The van der Waals surface area contributed by atoms with Gasteiger partial charge in [-0.15, -0.1) is 0 Å². The standard InChI is InChI=1S/C25H27ClO4/c1-6-29-24(28)30-22-14-25(4,5)13-21(27)23(22)20-12-15(2)19(11-16(20)3)17-7-9-18(26)10-8-17/h7-12H,6,13-14H2,1-5H3. The van der Waals surface area contributed by atoms with Crippen LogP contribution in [-0.2, 0) is 14.3 Å². The van der Waals surface area contributed by atoms with Crippen LogP contribution in [0.5, 0.6) is 0 Å². The van der Waals surface area contributed by atoms with Gasteiger partial charge in [-0.25, -0.2) is 4.79 Å². The van der Waals surface area contributed by atoms with E-state index in [-0.39, 0.29) is 17.8 Å². The lowest BCUT2D eigenvalue weighted by molar-refractivity contribution is -0.116. The molecule has 0 heterocycles. The summed E-state index contributed by atoms with van der Waals surface area (Å²) in [5, 5.41) is 0.686. The molecule has 0 saturated carbocycles. The molecule has 0 aromatic heterocycles. The van der Waals surface area contributed by atoms with Gasteiger partial charge in [0.25, 0.3) is 0 Å². The van der Waals surface area contributed by atoms with Gasteiger partial charge in [0.1, 0.15) is 5.76 Å². The van der Waals surface area contributed by atoms with Crippen LogP contribution >= 0.6 is 11.6 Å². The molecule has 2 aromatic rings. The van der Waals surface area contributed by atoms with Gasteiger partial charge in [-0.2, -0.15) is 0 Å². The number of benzene rings is 2. The van der Waals surface area contributed by atoms with Crippen molar-refractivity contribution in [3.8, 4) is 11.1 Å². The monoisotopic (exact) mass is 426 g/mol. The number of allylic oxidation sites excluding steroid dienone is 2. The Morgan fingerprint density at radius 3 is 2.27 bits per heavy atom. The molecule has 0 radical (unpaired) electrons. The fraction of sp³-hybridized carbons (Fsp3) is 0.360. The molecule has 0 atom stereocenters. The first-order valence-corrected chi connectivity index (χ1v) is 10.5. The van der Waals surface area contributed by atoms with Crippen LogP contribution in [-0.4, -0.2) is 18.5 Å². The van der Waals surface area contributed by atoms with Gasteiger partial charge < -0.3 is 9.47 Å². The van der Waals surface area contributed by atoms with E-state index >= 15 is 0 Å². The van der Waals surface area contributed by atoms with Crippen molar-refractivity contribution in [3.05, 3.63) is 63.9 Å². The molecular formula is C25H27ClO4. The first kappa shape index (κ1) is 22.1. The molecule has 0 spiro atoms. The van der Waals surface area contributed by atoms with Crippen molar-refractivity contribution in [2.45, 2.75) is 47.5 Å². The molecule has 3 rings (SSSR count). The average Bonchev–Trinajstić information content (AvgIpc) is 2.64. The van der Waals surface area contributed by atoms with Gasteiger partial charge in [0.2, 0.25) is 0 Å². The number of carbonyl (C=O) groups excluding carboxylic acids is 2. The van der Waals surface area contributed by atoms with Gasteiger partial charge in [-0.3, -0.25) is 4.79 Å². The maximum Gasteiger partial charge on any atom is 0.513 e. The number of carbonyl (C=O) groups is 2. The summed E-state index contributed by atoms with van der Waals surface area (Å²) in [7, 11) is 0. The summed E-state index contributed by atoms with van der Waals surface area (Å²) in [5.74, 6) is 0.365. The lowest BCUT2D eigenvalue weighted by atomic mass is 9.74. The van der Waals surface area contributed by atoms with Gasteiger partial charge in [0.15, 0.2) is 5.78 Å². The minimum atomic E-state index is -0.775. The highest BCUT2D eigenvalue weighted by molar-refractivity contribution is 6.30. The van der Waals surface area contributed by atoms with Gasteiger partial charge in [0.05, 0.1) is 12.2 Å². The normalized spacial score (nSPS) is 15.9. The second-order valence-corrected chi connectivity index (χ2v) is 8.95. The summed E-state index contributed by atoms with van der Waals surface area (Å²) < 4.78 is 10.5. The average molecular weight is 427 g/mol. The zero-order valence-corrected chi connectivity index (χ0v) is 18.9. The molecular weight excluding hydrogens is 400 g/mol. The van der Waals surface area contributed by atoms with Crippen molar-refractivity contribution in [1.29, 1.82) is 0 Å². The third-order valence-electron chi connectivity index (χ3n) is 5.30. The summed E-state index contributed by atoms with van der Waals surface area (Å²) in [6, 6.07) is 11.7. The molecule has 0 amide bonds. The highest BCUT2D eigenvalue weighted by atomic mass is 35.5. The molecule has 4 nitrogen and oxygen atoms in total. The predicted octanol–water partition coefficient (Wildman–Crippen LogP) is 6.90. The molecule has 0 aliphatic heterocycles. The van der Waals surface area contributed by atoms with E-state index in [1.807, 2.05) is 58.0 Å². The van der Waals surface area contributed by atoms with E-state index in [4.69, 9.17) is 21.1 Å². The van der Waals surface area contributed by atoms with Crippen molar-refractivity contribution >= 4 is 29.1 Å². The number of Topliss-reactive ketones (excluding diaryl/α,β-unsaturated/α-hetero) is 1. The Bertz CT molecular complexity index is 1020. The molecule has 0 bridgehead atoms. The van der Waals surface area contributed by atoms with Gasteiger partial charge in [-0.1, -0.05) is 49.7 Å². The third kappa shape index (κ3) is 4.76. The van der Waals surface area contributed by atoms with Gasteiger partial charge in [0, 0.05) is 17.9 Å². The van der Waals surface area contributed by atoms with E-state index in [1.165, 1.54) is 0 Å². The Kier molecular flexibility index (Phi) is 6.37. The number of halogens is 1. The topological polar surface area (TPSA) is 52.6 Å². The highest BCUT2D eigenvalue weighted by Crippen LogP contribution is 2.42. The molecule has 1 aliphatic carbocycles. The quantitative estimate of drug-likeness (QED) is 0.499. The summed E-state index contributed by atoms with van der Waals surface area (Å²) >= 11 is 6.02. The van der Waals surface area contributed by atoms with Crippen LogP contribution in [0.3, 0.4) is 0 Å². The number of rotatable bonds is 4. The van der Waals surface area contributed by atoms with E-state index in [0.29, 0.717) is 29.2 Å². The SMILES string of the molecule is CCOC(=O)OC1=C(c2cc(C)c(-c3ccc(Cl)cc3)cc2C)C(=O)CC(C)(C)C1. The molecule has 0 N–H and O–H groups in total. The van der Waals surface area contributed by atoms with E-state index in [9.17, 15) is 9.59 Å². The molecule has 0 saturated heterocycles. The van der Waals surface area contributed by atoms with Gasteiger partial charge in [-0.05, 0) is 66.1 Å². The molecule has 30 heavy (non-hydrogen) atoms. The van der Waals surface area contributed by atoms with Crippen molar-refractivity contribution in [3.63, 3.8) is 0 Å². The Morgan fingerprint density at radius 1 is 1.03 bits per heavy atom. The predicted molar refractivity (Wildman–Crippen MR) is 119 cm³/mol. The molecule has 2 aromatic carbocycles. The summed E-state index contributed by atoms with van der Waals surface area (Å²) in [4.78, 5) is 25.1. The Hall–Kier alpha value is -2.59. The number of ketones is 1. The van der Waals surface area contributed by atoms with Crippen LogP contribution < -0.4 is 0 Å². The van der Waals surface area contributed by atoms with Crippen LogP contribution in [0.25, 0.3) is 16.7 Å². The van der Waals surface area contributed by atoms with E-state index in [2.05, 4.69) is 6.07 Å². The molecule has 0 fully saturated rings. The first-order valence-electron chi connectivity index (χ1n) is 10.1. The third-order valence-corrected chi connectivity index (χ3v) is 5.55. The molecule has 1 aliphatic rings. The largest absolute Gasteiger partial charge is 0.513 e. The Balaban J connectivity index is 2.11. The van der Waals surface area contributed by atoms with Crippen LogP contribution in [0, 0.1) is 19.3 Å². The first-order chi connectivity index (χ1) is 14.1. The smallest absolute Gasteiger partial charge is 0.434 e. The number of hydrogen-bond donors (Lipinski definition) is 0. The van der Waals surface area contributed by atoms with Crippen LogP contribution in [0.1, 0.15) is 50.3 Å². The number of hydrogen-bond acceptors (Lipinski definition) is 4. The summed E-state index contributed by atoms with van der Waals surface area (Å²) in [6.07, 6.45) is 0.113. The van der Waals surface area contributed by atoms with E-state index in [0.717, 1.165) is 27.8 Å². The molecule has 0 unspecified atom stereocenters. The fourth-order valence-corrected chi connectivity index (χ4v) is 4.05.